The van der Waals surface area contributed by atoms with Crippen molar-refractivity contribution in [3.8, 4) is 11.5 Å². The molecule has 1 saturated carbocycles. The molecule has 1 aliphatic carbocycles. The summed E-state index contributed by atoms with van der Waals surface area (Å²) in [6, 6.07) is 6.53. The molecule has 2 heterocycles. The van der Waals surface area contributed by atoms with Crippen molar-refractivity contribution in [2.75, 3.05) is 40.5 Å². The Morgan fingerprint density at radius 1 is 0.968 bits per heavy atom. The molecule has 0 radical (unpaired) electrons. The average Bonchev–Trinajstić information content (AvgIpc) is 3.35. The molecule has 0 N–H and O–H groups in total. The van der Waals surface area contributed by atoms with Crippen LogP contribution < -0.4 is 9.47 Å². The Balaban J connectivity index is 1.46. The molecule has 0 bridgehead atoms. The fourth-order valence-electron chi connectivity index (χ4n) is 5.50. The van der Waals surface area contributed by atoms with E-state index >= 15 is 0 Å². The number of methoxy groups -OCH3 is 2. The maximum absolute atomic E-state index is 13.6. The van der Waals surface area contributed by atoms with E-state index in [2.05, 4.69) is 4.90 Å². The molecule has 172 valence electrons. The van der Waals surface area contributed by atoms with Gasteiger partial charge in [0, 0.05) is 32.8 Å². The molecule has 1 atom stereocenters. The van der Waals surface area contributed by atoms with Gasteiger partial charge in [-0.15, -0.1) is 0 Å². The lowest BCUT2D eigenvalue weighted by atomic mass is 10.0. The lowest BCUT2D eigenvalue weighted by Gasteiger charge is -2.37. The monoisotopic (exact) mass is 430 g/mol. The number of hydrogen-bond acceptors (Lipinski definition) is 5. The summed E-state index contributed by atoms with van der Waals surface area (Å²) >= 11 is 0. The molecule has 4 rings (SSSR count). The molecule has 1 aromatic rings. The largest absolute Gasteiger partial charge is 0.497 e. The first-order chi connectivity index (χ1) is 15.2. The van der Waals surface area contributed by atoms with Crippen molar-refractivity contribution in [1.29, 1.82) is 0 Å². The highest BCUT2D eigenvalue weighted by molar-refractivity contribution is 5.97. The summed E-state index contributed by atoms with van der Waals surface area (Å²) < 4.78 is 17.3. The average molecular weight is 431 g/mol. The van der Waals surface area contributed by atoms with Crippen LogP contribution in [0.2, 0.25) is 0 Å². The Hall–Kier alpha value is -1.79. The highest BCUT2D eigenvalue weighted by Crippen LogP contribution is 2.32. The van der Waals surface area contributed by atoms with Gasteiger partial charge in [0.05, 0.1) is 25.3 Å². The summed E-state index contributed by atoms with van der Waals surface area (Å²) in [6.45, 7) is 3.53. The number of hydrogen-bond donors (Lipinski definition) is 0. The summed E-state index contributed by atoms with van der Waals surface area (Å²) in [4.78, 5) is 18.2. The van der Waals surface area contributed by atoms with Gasteiger partial charge in [-0.05, 0) is 63.1 Å². The van der Waals surface area contributed by atoms with Gasteiger partial charge in [0.25, 0.3) is 5.91 Å². The minimum Gasteiger partial charge on any atom is -0.497 e. The van der Waals surface area contributed by atoms with Crippen molar-refractivity contribution in [1.82, 2.24) is 9.80 Å². The van der Waals surface area contributed by atoms with Gasteiger partial charge in [-0.1, -0.05) is 12.8 Å². The molecule has 1 amide bonds. The zero-order valence-corrected chi connectivity index (χ0v) is 19.2. The summed E-state index contributed by atoms with van der Waals surface area (Å²) in [7, 11) is 3.34. The van der Waals surface area contributed by atoms with Gasteiger partial charge in [-0.3, -0.25) is 4.79 Å². The van der Waals surface area contributed by atoms with Crippen LogP contribution in [0.4, 0.5) is 0 Å². The highest BCUT2D eigenvalue weighted by atomic mass is 16.5. The first kappa shape index (κ1) is 22.4. The number of benzene rings is 1. The first-order valence-electron chi connectivity index (χ1n) is 12.1. The third-order valence-corrected chi connectivity index (χ3v) is 7.28. The normalized spacial score (nSPS) is 23.8. The van der Waals surface area contributed by atoms with Gasteiger partial charge in [-0.2, -0.15) is 0 Å². The zero-order chi connectivity index (χ0) is 21.6. The number of nitrogens with zero attached hydrogens (tertiary/aromatic N) is 2. The van der Waals surface area contributed by atoms with Gasteiger partial charge in [-0.25, -0.2) is 0 Å². The van der Waals surface area contributed by atoms with Crippen molar-refractivity contribution in [3.05, 3.63) is 23.8 Å². The van der Waals surface area contributed by atoms with Crippen LogP contribution in [0, 0.1) is 0 Å². The minimum absolute atomic E-state index is 0.0269. The number of carbonyl (C=O) groups excluding carboxylic acids is 1. The minimum atomic E-state index is 0.0269. The van der Waals surface area contributed by atoms with Crippen LogP contribution in [-0.2, 0) is 4.74 Å². The summed E-state index contributed by atoms with van der Waals surface area (Å²) in [6.07, 6.45) is 10.8. The number of rotatable bonds is 7. The van der Waals surface area contributed by atoms with Crippen molar-refractivity contribution in [3.63, 3.8) is 0 Å². The molecule has 1 unspecified atom stereocenters. The van der Waals surface area contributed by atoms with E-state index in [0.717, 1.165) is 57.8 Å². The van der Waals surface area contributed by atoms with Gasteiger partial charge >= 0.3 is 0 Å². The van der Waals surface area contributed by atoms with Crippen LogP contribution in [0.3, 0.4) is 0 Å². The van der Waals surface area contributed by atoms with Crippen LogP contribution in [0.1, 0.15) is 68.1 Å². The van der Waals surface area contributed by atoms with Gasteiger partial charge < -0.3 is 24.0 Å². The molecular formula is C25H38N2O4. The van der Waals surface area contributed by atoms with E-state index in [-0.39, 0.29) is 18.1 Å². The van der Waals surface area contributed by atoms with E-state index in [0.29, 0.717) is 23.7 Å². The number of likely N-dealkylation sites (tertiary alicyclic amines) is 2. The molecule has 31 heavy (non-hydrogen) atoms. The highest BCUT2D eigenvalue weighted by Gasteiger charge is 2.31. The maximum atomic E-state index is 13.6. The molecule has 6 nitrogen and oxygen atoms in total. The maximum Gasteiger partial charge on any atom is 0.258 e. The third-order valence-electron chi connectivity index (χ3n) is 7.28. The smallest absolute Gasteiger partial charge is 0.258 e. The van der Waals surface area contributed by atoms with Crippen LogP contribution in [0.25, 0.3) is 0 Å². The molecule has 6 heteroatoms. The molecular weight excluding hydrogens is 392 g/mol. The van der Waals surface area contributed by atoms with Crippen molar-refractivity contribution in [2.45, 2.75) is 76.0 Å². The Bertz CT molecular complexity index is 724. The topological polar surface area (TPSA) is 51.2 Å². The Labute approximate surface area is 186 Å². The lowest BCUT2D eigenvalue weighted by Crippen LogP contribution is -2.46. The van der Waals surface area contributed by atoms with Crippen molar-refractivity contribution >= 4 is 5.91 Å². The van der Waals surface area contributed by atoms with E-state index in [9.17, 15) is 4.79 Å². The lowest BCUT2D eigenvalue weighted by molar-refractivity contribution is 0.0415. The van der Waals surface area contributed by atoms with E-state index < -0.39 is 0 Å². The second-order valence-electron chi connectivity index (χ2n) is 9.26. The number of piperidine rings is 2. The second kappa shape index (κ2) is 10.7. The second-order valence-corrected chi connectivity index (χ2v) is 9.26. The van der Waals surface area contributed by atoms with Crippen LogP contribution in [0.5, 0.6) is 11.5 Å². The summed E-state index contributed by atoms with van der Waals surface area (Å²) in [5.74, 6) is 1.40. The number of carbonyl (C=O) groups is 1. The predicted octanol–water partition coefficient (Wildman–Crippen LogP) is 4.12. The van der Waals surface area contributed by atoms with Gasteiger partial charge in [0.2, 0.25) is 0 Å². The first-order valence-corrected chi connectivity index (χ1v) is 12.1. The van der Waals surface area contributed by atoms with Gasteiger partial charge in [0.1, 0.15) is 17.6 Å². The van der Waals surface area contributed by atoms with Crippen molar-refractivity contribution in [2.24, 2.45) is 0 Å². The van der Waals surface area contributed by atoms with Crippen LogP contribution >= 0.6 is 0 Å². The summed E-state index contributed by atoms with van der Waals surface area (Å²) in [5.41, 5.74) is 0.612. The fraction of sp³-hybridized carbons (Fsp3) is 0.720. The Kier molecular flexibility index (Phi) is 7.72. The molecule has 2 saturated heterocycles. The molecule has 2 aliphatic heterocycles. The SMILES string of the molecule is COCC1CCCCN1C(=O)c1cc(OC)ccc1OC1CCN(C2CCCC2)CC1. The van der Waals surface area contributed by atoms with E-state index in [1.54, 1.807) is 14.2 Å². The fourth-order valence-corrected chi connectivity index (χ4v) is 5.50. The van der Waals surface area contributed by atoms with E-state index in [1.165, 1.54) is 25.7 Å². The van der Waals surface area contributed by atoms with Crippen LogP contribution in [0.15, 0.2) is 18.2 Å². The molecule has 3 fully saturated rings. The van der Waals surface area contributed by atoms with Crippen LogP contribution in [-0.4, -0.2) is 74.4 Å². The van der Waals surface area contributed by atoms with Crippen molar-refractivity contribution < 1.29 is 19.0 Å². The zero-order valence-electron chi connectivity index (χ0n) is 19.2. The van der Waals surface area contributed by atoms with Gasteiger partial charge in [0.15, 0.2) is 0 Å². The predicted molar refractivity (Wildman–Crippen MR) is 121 cm³/mol. The molecule has 0 aromatic heterocycles. The Morgan fingerprint density at radius 3 is 2.42 bits per heavy atom. The molecule has 0 spiro atoms. The molecule has 1 aromatic carbocycles. The number of ether oxygens (including phenoxy) is 3. The van der Waals surface area contributed by atoms with E-state index in [1.807, 2.05) is 23.1 Å². The molecule has 3 aliphatic rings. The third kappa shape index (κ3) is 5.35. The standard InChI is InChI=1S/C25H38N2O4/c1-29-18-20-9-5-6-14-27(20)25(28)23-17-22(30-2)10-11-24(23)31-21-12-15-26(16-13-21)19-7-3-4-8-19/h10-11,17,19-21H,3-9,12-16,18H2,1-2H3. The Morgan fingerprint density at radius 2 is 1.71 bits per heavy atom. The number of amides is 1. The quantitative estimate of drug-likeness (QED) is 0.651. The van der Waals surface area contributed by atoms with E-state index in [4.69, 9.17) is 14.2 Å². The summed E-state index contributed by atoms with van der Waals surface area (Å²) in [5, 5.41) is 0.